The molecule has 2 aromatic rings. The van der Waals surface area contributed by atoms with Crippen LogP contribution in [0.25, 0.3) is 6.08 Å². The number of hydrogen-bond donors (Lipinski definition) is 3. The van der Waals surface area contributed by atoms with Crippen LogP contribution in [0, 0.1) is 6.92 Å². The van der Waals surface area contributed by atoms with Crippen molar-refractivity contribution in [2.24, 2.45) is 4.99 Å². The maximum Gasteiger partial charge on any atom is 0.344 e. The number of thioether (sulfide) groups is 1. The molecule has 0 bridgehead atoms. The number of nitrogens with one attached hydrogen (secondary N) is 1. The van der Waals surface area contributed by atoms with Crippen molar-refractivity contribution in [3.63, 3.8) is 0 Å². The zero-order chi connectivity index (χ0) is 21.0. The van der Waals surface area contributed by atoms with Crippen molar-refractivity contribution < 1.29 is 24.5 Å². The number of benzene rings is 2. The number of amidine groups is 1. The number of ether oxygens (including phenoxy) is 1. The number of phenolic OH excluding ortho intramolecular Hbond substituents is 1. The molecule has 29 heavy (non-hydrogen) atoms. The van der Waals surface area contributed by atoms with Crippen LogP contribution < -0.4 is 10.1 Å². The van der Waals surface area contributed by atoms with Crippen LogP contribution >= 0.6 is 11.8 Å². The molecule has 150 valence electrons. The average molecular weight is 412 g/mol. The second kappa shape index (κ2) is 8.83. The first-order valence-corrected chi connectivity index (χ1v) is 9.76. The van der Waals surface area contributed by atoms with Crippen molar-refractivity contribution in [3.8, 4) is 11.5 Å². The lowest BCUT2D eigenvalue weighted by atomic mass is 10.1. The fraction of sp³-hybridized carbons (Fsp3) is 0.190. The van der Waals surface area contributed by atoms with E-state index in [-0.39, 0.29) is 11.7 Å². The van der Waals surface area contributed by atoms with Crippen molar-refractivity contribution in [2.75, 3.05) is 0 Å². The number of carbonyl (C=O) groups excluding carboxylic acids is 1. The fourth-order valence-electron chi connectivity index (χ4n) is 2.63. The Kier molecular flexibility index (Phi) is 6.23. The van der Waals surface area contributed by atoms with Crippen LogP contribution in [0.2, 0.25) is 0 Å². The summed E-state index contributed by atoms with van der Waals surface area (Å²) in [5.74, 6) is -0.970. The molecule has 1 atom stereocenters. The minimum atomic E-state index is -1.05. The van der Waals surface area contributed by atoms with Gasteiger partial charge in [0.1, 0.15) is 17.2 Å². The zero-order valence-electron chi connectivity index (χ0n) is 15.9. The first-order chi connectivity index (χ1) is 13.9. The maximum absolute atomic E-state index is 12.3. The van der Waals surface area contributed by atoms with Gasteiger partial charge in [-0.1, -0.05) is 31.2 Å². The number of hydrogen-bond acceptors (Lipinski definition) is 6. The molecule has 1 amide bonds. The third-order valence-corrected chi connectivity index (χ3v) is 5.03. The number of nitrogens with zero attached hydrogens (tertiary/aromatic N) is 1. The summed E-state index contributed by atoms with van der Waals surface area (Å²) in [4.78, 5) is 28.3. The van der Waals surface area contributed by atoms with E-state index < -0.39 is 12.1 Å². The third-order valence-electron chi connectivity index (χ3n) is 4.12. The lowest BCUT2D eigenvalue weighted by molar-refractivity contribution is -0.145. The molecule has 8 heteroatoms. The van der Waals surface area contributed by atoms with Crippen LogP contribution in [0.5, 0.6) is 11.5 Å². The van der Waals surface area contributed by atoms with Crippen molar-refractivity contribution in [2.45, 2.75) is 26.4 Å². The Balaban J connectivity index is 1.85. The van der Waals surface area contributed by atoms with Crippen molar-refractivity contribution in [1.82, 2.24) is 5.32 Å². The number of para-hydroxylation sites is 1. The van der Waals surface area contributed by atoms with Gasteiger partial charge in [0.25, 0.3) is 5.91 Å². The predicted molar refractivity (Wildman–Crippen MR) is 112 cm³/mol. The minimum absolute atomic E-state index is 0.0304. The van der Waals surface area contributed by atoms with Crippen LogP contribution in [0.1, 0.15) is 24.5 Å². The van der Waals surface area contributed by atoms with E-state index in [4.69, 9.17) is 4.74 Å². The smallest absolute Gasteiger partial charge is 0.344 e. The Hall–Kier alpha value is -3.26. The second-order valence-corrected chi connectivity index (χ2v) is 7.40. The summed E-state index contributed by atoms with van der Waals surface area (Å²) in [7, 11) is 0. The van der Waals surface area contributed by atoms with E-state index in [0.29, 0.717) is 33.5 Å². The van der Waals surface area contributed by atoms with Gasteiger partial charge < -0.3 is 20.3 Å². The van der Waals surface area contributed by atoms with E-state index in [1.807, 2.05) is 13.0 Å². The average Bonchev–Trinajstić information content (AvgIpc) is 3.02. The molecule has 2 aromatic carbocycles. The molecule has 1 aliphatic rings. The quantitative estimate of drug-likeness (QED) is 0.622. The van der Waals surface area contributed by atoms with E-state index in [9.17, 15) is 19.8 Å². The molecule has 3 N–H and O–H groups in total. The first kappa shape index (κ1) is 20.5. The summed E-state index contributed by atoms with van der Waals surface area (Å²) in [5, 5.41) is 22.2. The molecule has 0 aromatic heterocycles. The van der Waals surface area contributed by atoms with Gasteiger partial charge in [-0.15, -0.1) is 0 Å². The number of aryl methyl sites for hydroxylation is 1. The zero-order valence-corrected chi connectivity index (χ0v) is 16.7. The van der Waals surface area contributed by atoms with Crippen LogP contribution in [0.3, 0.4) is 0 Å². The van der Waals surface area contributed by atoms with E-state index in [2.05, 4.69) is 10.3 Å². The van der Waals surface area contributed by atoms with E-state index in [1.165, 1.54) is 0 Å². The Bertz CT molecular complexity index is 1020. The van der Waals surface area contributed by atoms with Gasteiger partial charge >= 0.3 is 5.97 Å². The predicted octanol–water partition coefficient (Wildman–Crippen LogP) is 3.83. The van der Waals surface area contributed by atoms with Crippen molar-refractivity contribution in [3.05, 3.63) is 58.5 Å². The lowest BCUT2D eigenvalue weighted by Gasteiger charge is -2.15. The summed E-state index contributed by atoms with van der Waals surface area (Å²) in [6.07, 6.45) is 0.967. The van der Waals surface area contributed by atoms with Gasteiger partial charge in [-0.2, -0.15) is 0 Å². The highest BCUT2D eigenvalue weighted by molar-refractivity contribution is 8.18. The number of phenols is 1. The molecule has 1 fully saturated rings. The number of amides is 1. The minimum Gasteiger partial charge on any atom is -0.506 e. The topological polar surface area (TPSA) is 108 Å². The van der Waals surface area contributed by atoms with Gasteiger partial charge in [-0.25, -0.2) is 9.79 Å². The van der Waals surface area contributed by atoms with Crippen molar-refractivity contribution in [1.29, 1.82) is 0 Å². The van der Waals surface area contributed by atoms with Gasteiger partial charge in [0, 0.05) is 5.56 Å². The van der Waals surface area contributed by atoms with E-state index in [0.717, 1.165) is 17.3 Å². The second-order valence-electron chi connectivity index (χ2n) is 6.36. The molecule has 0 radical (unpaired) electrons. The van der Waals surface area contributed by atoms with E-state index in [1.54, 1.807) is 49.4 Å². The largest absolute Gasteiger partial charge is 0.506 e. The molecule has 0 spiro atoms. The Morgan fingerprint density at radius 2 is 2.07 bits per heavy atom. The molecule has 1 aliphatic heterocycles. The lowest BCUT2D eigenvalue weighted by Crippen LogP contribution is -2.26. The number of rotatable bonds is 6. The standard InChI is InChI=1S/C21H20N2O5S/c1-3-16(20(26)27)28-17-7-5-4-6-13(17)11-18-19(25)23-21(29-18)22-14-9-8-12(2)10-15(14)24/h4-11,16,24H,3H2,1-2H3,(H,26,27)(H,22,23,25)/b18-11-. The van der Waals surface area contributed by atoms with Crippen LogP contribution in [-0.4, -0.2) is 33.4 Å². The summed E-state index contributed by atoms with van der Waals surface area (Å²) in [6.45, 7) is 3.58. The molecule has 1 saturated heterocycles. The summed E-state index contributed by atoms with van der Waals surface area (Å²) < 4.78 is 5.60. The highest BCUT2D eigenvalue weighted by atomic mass is 32.2. The van der Waals surface area contributed by atoms with Gasteiger partial charge in [0.15, 0.2) is 11.3 Å². The van der Waals surface area contributed by atoms with Gasteiger partial charge in [0.2, 0.25) is 0 Å². The number of aliphatic carboxylic acids is 1. The number of carbonyl (C=O) groups is 2. The number of aromatic hydroxyl groups is 1. The normalized spacial score (nSPS) is 17.4. The Morgan fingerprint density at radius 1 is 1.31 bits per heavy atom. The fourth-order valence-corrected chi connectivity index (χ4v) is 3.45. The number of carboxylic acid groups (broad SMARTS) is 1. The molecule has 3 rings (SSSR count). The van der Waals surface area contributed by atoms with Crippen LogP contribution in [0.4, 0.5) is 5.69 Å². The molecular formula is C21H20N2O5S. The molecule has 0 aliphatic carbocycles. The Morgan fingerprint density at radius 3 is 2.76 bits per heavy atom. The van der Waals surface area contributed by atoms with Gasteiger partial charge in [-0.3, -0.25) is 4.79 Å². The third kappa shape index (κ3) is 4.97. The first-order valence-electron chi connectivity index (χ1n) is 8.95. The maximum atomic E-state index is 12.3. The van der Waals surface area contributed by atoms with Crippen molar-refractivity contribution >= 4 is 40.6 Å². The van der Waals surface area contributed by atoms with Gasteiger partial charge in [-0.05, 0) is 54.9 Å². The summed E-state index contributed by atoms with van der Waals surface area (Å²) in [6, 6.07) is 12.0. The highest BCUT2D eigenvalue weighted by Crippen LogP contribution is 2.33. The molecule has 1 unspecified atom stereocenters. The van der Waals surface area contributed by atoms with Crippen LogP contribution in [-0.2, 0) is 9.59 Å². The molecular weight excluding hydrogens is 392 g/mol. The van der Waals surface area contributed by atoms with Gasteiger partial charge in [0.05, 0.1) is 4.91 Å². The highest BCUT2D eigenvalue weighted by Gasteiger charge is 2.25. The molecule has 0 saturated carbocycles. The van der Waals surface area contributed by atoms with Crippen LogP contribution in [0.15, 0.2) is 52.4 Å². The number of aliphatic imine (C=N–C) groups is 1. The number of carboxylic acids is 1. The Labute approximate surface area is 172 Å². The molecule has 1 heterocycles. The monoisotopic (exact) mass is 412 g/mol. The molecule has 7 nitrogen and oxygen atoms in total. The summed E-state index contributed by atoms with van der Waals surface area (Å²) >= 11 is 1.13. The SMILES string of the molecule is CCC(Oc1ccccc1/C=C1\SC(=Nc2ccc(C)cc2O)NC1=O)C(=O)O. The summed E-state index contributed by atoms with van der Waals surface area (Å²) in [5.41, 5.74) is 1.85. The van der Waals surface area contributed by atoms with E-state index >= 15 is 0 Å².